The van der Waals surface area contributed by atoms with E-state index >= 15 is 0 Å². The van der Waals surface area contributed by atoms with Crippen LogP contribution in [0, 0.1) is 5.92 Å². The Bertz CT molecular complexity index is 220. The van der Waals surface area contributed by atoms with Gasteiger partial charge in [-0.25, -0.2) is 0 Å². The molecular formula is C17H33P. The minimum Gasteiger partial charge on any atom is -0.0801 e. The quantitative estimate of drug-likeness (QED) is 0.438. The zero-order valence-corrected chi connectivity index (χ0v) is 13.8. The van der Waals surface area contributed by atoms with Crippen LogP contribution in [-0.4, -0.2) is 12.3 Å². The highest BCUT2D eigenvalue weighted by molar-refractivity contribution is 7.62. The first kappa shape index (κ1) is 16.2. The van der Waals surface area contributed by atoms with Crippen molar-refractivity contribution in [1.82, 2.24) is 0 Å². The maximum atomic E-state index is 2.74. The first-order valence-electron chi connectivity index (χ1n) is 8.27. The van der Waals surface area contributed by atoms with Gasteiger partial charge >= 0.3 is 0 Å². The van der Waals surface area contributed by atoms with Crippen LogP contribution in [0.5, 0.6) is 0 Å². The van der Waals surface area contributed by atoms with E-state index in [-0.39, 0.29) is 7.92 Å². The molecule has 1 fully saturated rings. The topological polar surface area (TPSA) is 0 Å². The summed E-state index contributed by atoms with van der Waals surface area (Å²) in [6.07, 6.45) is 18.5. The molecule has 0 aromatic heterocycles. The maximum absolute atomic E-state index is 2.74. The molecule has 106 valence electrons. The molecular weight excluding hydrogens is 235 g/mol. The van der Waals surface area contributed by atoms with Crippen molar-refractivity contribution in [2.45, 2.75) is 78.6 Å². The molecule has 0 heterocycles. The molecule has 1 aliphatic carbocycles. The molecule has 0 spiro atoms. The Morgan fingerprint density at radius 2 is 1.56 bits per heavy atom. The summed E-state index contributed by atoms with van der Waals surface area (Å²) in [4.78, 5) is 0. The fourth-order valence-electron chi connectivity index (χ4n) is 3.11. The van der Waals surface area contributed by atoms with Gasteiger partial charge in [-0.1, -0.05) is 73.3 Å². The molecule has 0 amide bonds. The van der Waals surface area contributed by atoms with Gasteiger partial charge in [-0.05, 0) is 42.8 Å². The summed E-state index contributed by atoms with van der Waals surface area (Å²) in [6, 6.07) is 0. The average molecular weight is 268 g/mol. The minimum atomic E-state index is 0.206. The van der Waals surface area contributed by atoms with Gasteiger partial charge in [-0.15, -0.1) is 0 Å². The largest absolute Gasteiger partial charge is 0.0801 e. The molecule has 0 radical (unpaired) electrons. The van der Waals surface area contributed by atoms with Crippen molar-refractivity contribution in [3.8, 4) is 0 Å². The molecule has 0 aromatic carbocycles. The molecule has 1 aliphatic rings. The van der Waals surface area contributed by atoms with Gasteiger partial charge in [0.2, 0.25) is 0 Å². The van der Waals surface area contributed by atoms with Crippen LogP contribution in [0.15, 0.2) is 11.4 Å². The second-order valence-electron chi connectivity index (χ2n) is 5.79. The van der Waals surface area contributed by atoms with Gasteiger partial charge in [0.25, 0.3) is 0 Å². The zero-order valence-electron chi connectivity index (χ0n) is 12.9. The molecule has 1 rings (SSSR count). The van der Waals surface area contributed by atoms with Crippen LogP contribution in [0.25, 0.3) is 0 Å². The van der Waals surface area contributed by atoms with Crippen LogP contribution < -0.4 is 0 Å². The van der Waals surface area contributed by atoms with Gasteiger partial charge in [-0.3, -0.25) is 0 Å². The van der Waals surface area contributed by atoms with E-state index in [1.807, 2.05) is 5.31 Å². The summed E-state index contributed by atoms with van der Waals surface area (Å²) in [5.41, 5.74) is 0. The van der Waals surface area contributed by atoms with Crippen molar-refractivity contribution >= 4 is 7.92 Å². The third-order valence-corrected chi connectivity index (χ3v) is 7.14. The molecule has 18 heavy (non-hydrogen) atoms. The third kappa shape index (κ3) is 5.87. The fourth-order valence-corrected chi connectivity index (χ4v) is 5.95. The predicted molar refractivity (Wildman–Crippen MR) is 86.8 cm³/mol. The van der Waals surface area contributed by atoms with Crippen molar-refractivity contribution < 1.29 is 0 Å². The van der Waals surface area contributed by atoms with Crippen molar-refractivity contribution in [1.29, 1.82) is 0 Å². The van der Waals surface area contributed by atoms with Gasteiger partial charge in [0.05, 0.1) is 0 Å². The number of hydrogen-bond donors (Lipinski definition) is 0. The van der Waals surface area contributed by atoms with E-state index in [1.54, 1.807) is 0 Å². The van der Waals surface area contributed by atoms with Crippen LogP contribution in [-0.2, 0) is 0 Å². The van der Waals surface area contributed by atoms with E-state index < -0.39 is 0 Å². The van der Waals surface area contributed by atoms with Crippen LogP contribution in [0.2, 0.25) is 0 Å². The van der Waals surface area contributed by atoms with Gasteiger partial charge in [0.15, 0.2) is 0 Å². The molecule has 1 heteroatoms. The summed E-state index contributed by atoms with van der Waals surface area (Å²) >= 11 is 0. The molecule has 0 N–H and O–H groups in total. The van der Waals surface area contributed by atoms with Crippen molar-refractivity contribution in [2.75, 3.05) is 12.3 Å². The van der Waals surface area contributed by atoms with Gasteiger partial charge in [0.1, 0.15) is 0 Å². The van der Waals surface area contributed by atoms with Gasteiger partial charge in [0, 0.05) is 0 Å². The maximum Gasteiger partial charge on any atom is -0.0227 e. The van der Waals surface area contributed by atoms with Crippen LogP contribution in [0.4, 0.5) is 0 Å². The molecule has 0 unspecified atom stereocenters. The minimum absolute atomic E-state index is 0.206. The lowest BCUT2D eigenvalue weighted by molar-refractivity contribution is 0.418. The summed E-state index contributed by atoms with van der Waals surface area (Å²) in [6.45, 7) is 7.06. The van der Waals surface area contributed by atoms with E-state index in [9.17, 15) is 0 Å². The van der Waals surface area contributed by atoms with Crippen molar-refractivity contribution in [3.63, 3.8) is 0 Å². The summed E-state index contributed by atoms with van der Waals surface area (Å²) in [5.74, 6) is 0.930. The summed E-state index contributed by atoms with van der Waals surface area (Å²) < 4.78 is 0. The lowest BCUT2D eigenvalue weighted by Crippen LogP contribution is -2.05. The molecule has 0 nitrogen and oxygen atoms in total. The molecule has 0 atom stereocenters. The molecule has 0 aliphatic heterocycles. The molecule has 0 saturated heterocycles. The van der Waals surface area contributed by atoms with Crippen LogP contribution in [0.3, 0.4) is 0 Å². The van der Waals surface area contributed by atoms with Crippen molar-refractivity contribution in [3.05, 3.63) is 11.4 Å². The lowest BCUT2D eigenvalue weighted by atomic mass is 9.89. The smallest absolute Gasteiger partial charge is 0.0227 e. The summed E-state index contributed by atoms with van der Waals surface area (Å²) in [5, 5.41) is 1.88. The monoisotopic (exact) mass is 268 g/mol. The molecule has 0 aromatic rings. The first-order valence-corrected chi connectivity index (χ1v) is 9.98. The van der Waals surface area contributed by atoms with Crippen molar-refractivity contribution in [2.24, 2.45) is 5.92 Å². The SMILES string of the molecule is CCC/C(=C\C1CCCCC1)P(CCC)CCC. The van der Waals surface area contributed by atoms with E-state index in [2.05, 4.69) is 26.8 Å². The Balaban J connectivity index is 2.66. The Kier molecular flexibility index (Phi) is 9.03. The predicted octanol–water partition coefficient (Wildman–Crippen LogP) is 6.55. The normalized spacial score (nSPS) is 18.6. The van der Waals surface area contributed by atoms with E-state index in [1.165, 1.54) is 70.1 Å². The highest BCUT2D eigenvalue weighted by Crippen LogP contribution is 2.49. The van der Waals surface area contributed by atoms with Crippen LogP contribution >= 0.6 is 7.92 Å². The zero-order chi connectivity index (χ0) is 13.2. The number of hydrogen-bond acceptors (Lipinski definition) is 0. The number of rotatable bonds is 8. The molecule has 0 bridgehead atoms. The highest BCUT2D eigenvalue weighted by Gasteiger charge is 2.16. The standard InChI is InChI=1S/C17H33P/c1-4-10-17(18(13-5-2)14-6-3)15-16-11-8-7-9-12-16/h15-16H,4-14H2,1-3H3/b17-15+. The number of allylic oxidation sites excluding steroid dienone is 2. The van der Waals surface area contributed by atoms with Gasteiger partial charge in [-0.2, -0.15) is 0 Å². The first-order chi connectivity index (χ1) is 8.81. The van der Waals surface area contributed by atoms with E-state index in [0.717, 1.165) is 5.92 Å². The van der Waals surface area contributed by atoms with Crippen LogP contribution in [0.1, 0.15) is 78.6 Å². The second-order valence-corrected chi connectivity index (χ2v) is 8.34. The average Bonchev–Trinajstić information content (AvgIpc) is 2.39. The Labute approximate surface area is 116 Å². The molecule has 1 saturated carbocycles. The van der Waals surface area contributed by atoms with E-state index in [0.29, 0.717) is 0 Å². The fraction of sp³-hybridized carbons (Fsp3) is 0.882. The highest BCUT2D eigenvalue weighted by atomic mass is 31.1. The third-order valence-electron chi connectivity index (χ3n) is 3.98. The Hall–Kier alpha value is 0.170. The Morgan fingerprint density at radius 1 is 0.944 bits per heavy atom. The summed E-state index contributed by atoms with van der Waals surface area (Å²) in [7, 11) is 0.206. The lowest BCUT2D eigenvalue weighted by Gasteiger charge is -2.24. The Morgan fingerprint density at radius 3 is 2.06 bits per heavy atom. The second kappa shape index (κ2) is 10.0. The van der Waals surface area contributed by atoms with E-state index in [4.69, 9.17) is 0 Å². The van der Waals surface area contributed by atoms with Gasteiger partial charge < -0.3 is 0 Å².